The van der Waals surface area contributed by atoms with E-state index < -0.39 is 0 Å². The van der Waals surface area contributed by atoms with E-state index in [-0.39, 0.29) is 29.5 Å². The second kappa shape index (κ2) is 6.61. The second-order valence-corrected chi connectivity index (χ2v) is 7.17. The van der Waals surface area contributed by atoms with Crippen molar-refractivity contribution in [1.82, 2.24) is 9.88 Å². The average Bonchev–Trinajstić information content (AvgIpc) is 3.07. The van der Waals surface area contributed by atoms with Crippen molar-refractivity contribution in [2.75, 3.05) is 6.61 Å². The molecule has 6 nitrogen and oxygen atoms in total. The summed E-state index contributed by atoms with van der Waals surface area (Å²) in [6, 6.07) is 8.80. The molecule has 1 aliphatic carbocycles. The number of aliphatic hydroxyl groups is 1. The van der Waals surface area contributed by atoms with Gasteiger partial charge in [-0.15, -0.1) is 0 Å². The van der Waals surface area contributed by atoms with Crippen LogP contribution in [0.25, 0.3) is 0 Å². The number of rotatable bonds is 4. The predicted molar refractivity (Wildman–Crippen MR) is 96.3 cm³/mol. The lowest BCUT2D eigenvalue weighted by molar-refractivity contribution is 0.0235. The van der Waals surface area contributed by atoms with Gasteiger partial charge in [0.25, 0.3) is 11.5 Å². The molecule has 2 aromatic rings. The number of aromatic nitrogens is 1. The third-order valence-corrected chi connectivity index (χ3v) is 5.35. The van der Waals surface area contributed by atoms with Gasteiger partial charge < -0.3 is 19.7 Å². The number of amides is 1. The molecule has 2 N–H and O–H groups in total. The molecular formula is C20H22N2O4. The van der Waals surface area contributed by atoms with Gasteiger partial charge in [0.05, 0.1) is 18.8 Å². The van der Waals surface area contributed by atoms with Crippen molar-refractivity contribution >= 4 is 5.91 Å². The van der Waals surface area contributed by atoms with Crippen molar-refractivity contribution in [2.24, 2.45) is 13.0 Å². The van der Waals surface area contributed by atoms with Crippen LogP contribution in [0.5, 0.6) is 5.75 Å². The van der Waals surface area contributed by atoms with Gasteiger partial charge in [-0.1, -0.05) is 6.07 Å². The smallest absolute Gasteiger partial charge is 0.252 e. The lowest BCUT2D eigenvalue weighted by atomic mass is 9.74. The van der Waals surface area contributed by atoms with Gasteiger partial charge in [-0.2, -0.15) is 0 Å². The van der Waals surface area contributed by atoms with E-state index in [1.807, 2.05) is 12.1 Å². The van der Waals surface area contributed by atoms with Crippen LogP contribution in [0.2, 0.25) is 0 Å². The standard InChI is InChI=1S/C20H22N2O4/c1-22-6-4-14(11-18(22)24)20(25)21-19(15-9-16(23)10-15)13-2-3-17-12(8-13)5-7-26-17/h2-4,6,8,11,15-16,19,23H,5,7,9-10H2,1H3,(H,21,25)/t15?,16?,19-/m1/s1. The molecule has 2 heterocycles. The summed E-state index contributed by atoms with van der Waals surface area (Å²) in [4.78, 5) is 24.5. The lowest BCUT2D eigenvalue weighted by Gasteiger charge is -2.38. The van der Waals surface area contributed by atoms with Gasteiger partial charge >= 0.3 is 0 Å². The molecule has 0 bridgehead atoms. The highest BCUT2D eigenvalue weighted by Crippen LogP contribution is 2.39. The summed E-state index contributed by atoms with van der Waals surface area (Å²) in [5.74, 6) is 0.811. The molecule has 26 heavy (non-hydrogen) atoms. The second-order valence-electron chi connectivity index (χ2n) is 7.17. The molecule has 0 spiro atoms. The Bertz CT molecular complexity index is 899. The van der Waals surface area contributed by atoms with Crippen molar-refractivity contribution in [3.8, 4) is 5.75 Å². The van der Waals surface area contributed by atoms with E-state index in [1.165, 1.54) is 10.6 Å². The number of benzene rings is 1. The number of fused-ring (bicyclic) bond motifs is 1. The molecule has 4 rings (SSSR count). The van der Waals surface area contributed by atoms with Crippen LogP contribution in [0.3, 0.4) is 0 Å². The summed E-state index contributed by atoms with van der Waals surface area (Å²) in [5, 5.41) is 12.8. The fourth-order valence-corrected chi connectivity index (χ4v) is 3.69. The van der Waals surface area contributed by atoms with E-state index in [9.17, 15) is 14.7 Å². The van der Waals surface area contributed by atoms with E-state index in [0.29, 0.717) is 25.0 Å². The molecular weight excluding hydrogens is 332 g/mol. The van der Waals surface area contributed by atoms with Crippen molar-refractivity contribution in [3.05, 3.63) is 63.6 Å². The first kappa shape index (κ1) is 16.8. The maximum atomic E-state index is 12.7. The monoisotopic (exact) mass is 354 g/mol. The molecule has 1 fully saturated rings. The Labute approximate surface area is 151 Å². The average molecular weight is 354 g/mol. The Kier molecular flexibility index (Phi) is 4.28. The Balaban J connectivity index is 1.60. The fourth-order valence-electron chi connectivity index (χ4n) is 3.69. The number of hydrogen-bond donors (Lipinski definition) is 2. The molecule has 0 radical (unpaired) electrons. The first-order valence-electron chi connectivity index (χ1n) is 8.92. The van der Waals surface area contributed by atoms with E-state index in [1.54, 1.807) is 19.3 Å². The van der Waals surface area contributed by atoms with E-state index in [2.05, 4.69) is 11.4 Å². The molecule has 1 amide bonds. The molecule has 0 saturated heterocycles. The van der Waals surface area contributed by atoms with Crippen LogP contribution in [0.1, 0.15) is 40.4 Å². The number of pyridine rings is 1. The van der Waals surface area contributed by atoms with Gasteiger partial charge in [0.15, 0.2) is 0 Å². The van der Waals surface area contributed by atoms with Crippen molar-refractivity contribution in [2.45, 2.75) is 31.4 Å². The molecule has 1 aromatic carbocycles. The third-order valence-electron chi connectivity index (χ3n) is 5.35. The maximum Gasteiger partial charge on any atom is 0.252 e. The van der Waals surface area contributed by atoms with Gasteiger partial charge in [0.2, 0.25) is 0 Å². The predicted octanol–water partition coefficient (Wildman–Crippen LogP) is 1.56. The van der Waals surface area contributed by atoms with Crippen molar-refractivity contribution < 1.29 is 14.6 Å². The van der Waals surface area contributed by atoms with Crippen LogP contribution in [-0.2, 0) is 13.5 Å². The first-order valence-corrected chi connectivity index (χ1v) is 8.92. The molecule has 2 aliphatic rings. The lowest BCUT2D eigenvalue weighted by Crippen LogP contribution is -2.41. The van der Waals surface area contributed by atoms with Crippen LogP contribution in [0.4, 0.5) is 0 Å². The largest absolute Gasteiger partial charge is 0.493 e. The number of hydrogen-bond acceptors (Lipinski definition) is 4. The summed E-state index contributed by atoms with van der Waals surface area (Å²) in [7, 11) is 1.65. The number of nitrogens with one attached hydrogen (secondary N) is 1. The van der Waals surface area contributed by atoms with Crippen molar-refractivity contribution in [3.63, 3.8) is 0 Å². The summed E-state index contributed by atoms with van der Waals surface area (Å²) in [6.45, 7) is 0.686. The summed E-state index contributed by atoms with van der Waals surface area (Å²) < 4.78 is 6.99. The minimum absolute atomic E-state index is 0.181. The molecule has 1 aromatic heterocycles. The molecule has 1 atom stereocenters. The van der Waals surface area contributed by atoms with Gasteiger partial charge in [0, 0.05) is 31.3 Å². The van der Waals surface area contributed by atoms with Gasteiger partial charge in [-0.3, -0.25) is 9.59 Å². The van der Waals surface area contributed by atoms with Crippen LogP contribution >= 0.6 is 0 Å². The van der Waals surface area contributed by atoms with Crippen LogP contribution in [0.15, 0.2) is 41.3 Å². The van der Waals surface area contributed by atoms with Gasteiger partial charge in [-0.25, -0.2) is 0 Å². The summed E-state index contributed by atoms with van der Waals surface area (Å²) in [5.41, 5.74) is 2.30. The van der Waals surface area contributed by atoms with Crippen LogP contribution in [0, 0.1) is 5.92 Å². The summed E-state index contributed by atoms with van der Waals surface area (Å²) >= 11 is 0. The number of nitrogens with zero attached hydrogens (tertiary/aromatic N) is 1. The highest BCUT2D eigenvalue weighted by atomic mass is 16.5. The highest BCUT2D eigenvalue weighted by molar-refractivity contribution is 5.94. The fraction of sp³-hybridized carbons (Fsp3) is 0.400. The van der Waals surface area contributed by atoms with Gasteiger partial charge in [-0.05, 0) is 48.1 Å². The normalized spacial score (nSPS) is 22.1. The van der Waals surface area contributed by atoms with Crippen LogP contribution < -0.4 is 15.6 Å². The summed E-state index contributed by atoms with van der Waals surface area (Å²) in [6.07, 6.45) is 3.48. The highest BCUT2D eigenvalue weighted by Gasteiger charge is 2.36. The number of aliphatic hydroxyl groups excluding tert-OH is 1. The van der Waals surface area contributed by atoms with E-state index in [0.717, 1.165) is 23.3 Å². The van der Waals surface area contributed by atoms with Crippen LogP contribution in [-0.4, -0.2) is 28.3 Å². The number of carbonyl (C=O) groups excluding carboxylic acids is 1. The van der Waals surface area contributed by atoms with E-state index in [4.69, 9.17) is 4.74 Å². The Morgan fingerprint density at radius 2 is 2.12 bits per heavy atom. The Hall–Kier alpha value is -2.60. The molecule has 0 unspecified atom stereocenters. The molecule has 6 heteroatoms. The SMILES string of the molecule is Cn1ccc(C(=O)N[C@H](c2ccc3c(c2)CCO3)C2CC(O)C2)cc1=O. The third kappa shape index (κ3) is 3.12. The quantitative estimate of drug-likeness (QED) is 0.873. The Morgan fingerprint density at radius 1 is 1.31 bits per heavy atom. The number of aryl methyl sites for hydroxylation is 1. The van der Waals surface area contributed by atoms with Crippen molar-refractivity contribution in [1.29, 1.82) is 0 Å². The maximum absolute atomic E-state index is 12.7. The topological polar surface area (TPSA) is 80.6 Å². The van der Waals surface area contributed by atoms with Gasteiger partial charge in [0.1, 0.15) is 5.75 Å². The molecule has 1 aliphatic heterocycles. The number of ether oxygens (including phenoxy) is 1. The minimum Gasteiger partial charge on any atom is -0.493 e. The van der Waals surface area contributed by atoms with E-state index >= 15 is 0 Å². The number of carbonyl (C=O) groups is 1. The zero-order valence-electron chi connectivity index (χ0n) is 14.6. The first-order chi connectivity index (χ1) is 12.5. The Morgan fingerprint density at radius 3 is 2.85 bits per heavy atom. The zero-order valence-corrected chi connectivity index (χ0v) is 14.6. The minimum atomic E-state index is -0.304. The zero-order chi connectivity index (χ0) is 18.3. The molecule has 1 saturated carbocycles. The molecule has 136 valence electrons.